The molecule has 0 spiro atoms. The lowest BCUT2D eigenvalue weighted by molar-refractivity contribution is -0.139. The van der Waals surface area contributed by atoms with Gasteiger partial charge in [0.05, 0.1) is 6.61 Å². The summed E-state index contributed by atoms with van der Waals surface area (Å²) in [7, 11) is -3.66. The van der Waals surface area contributed by atoms with E-state index in [0.717, 1.165) is 0 Å². The minimum Gasteiger partial charge on any atom is -0.465 e. The number of rotatable bonds is 8. The van der Waals surface area contributed by atoms with E-state index < -0.39 is 21.7 Å². The van der Waals surface area contributed by atoms with Gasteiger partial charge in [0.1, 0.15) is 0 Å². The molecule has 0 saturated heterocycles. The monoisotopic (exact) mass is 267 g/mol. The maximum Gasteiger partial charge on any atom is 0.322 e. The lowest BCUT2D eigenvalue weighted by Crippen LogP contribution is -2.37. The van der Waals surface area contributed by atoms with Gasteiger partial charge in [0.15, 0.2) is 5.75 Å². The Bertz CT molecular complexity index is 337. The van der Waals surface area contributed by atoms with Gasteiger partial charge in [-0.05, 0) is 18.8 Å². The maximum absolute atomic E-state index is 11.5. The van der Waals surface area contributed by atoms with E-state index in [1.807, 2.05) is 13.8 Å². The summed E-state index contributed by atoms with van der Waals surface area (Å²) in [5, 5.41) is 8.80. The lowest BCUT2D eigenvalue weighted by Gasteiger charge is -2.23. The predicted molar refractivity (Wildman–Crippen MR) is 63.9 cm³/mol. The van der Waals surface area contributed by atoms with Crippen molar-refractivity contribution >= 4 is 16.0 Å². The first-order valence-corrected chi connectivity index (χ1v) is 7.11. The lowest BCUT2D eigenvalue weighted by atomic mass is 9.90. The van der Waals surface area contributed by atoms with E-state index in [1.54, 1.807) is 6.92 Å². The van der Waals surface area contributed by atoms with Crippen molar-refractivity contribution < 1.29 is 23.1 Å². The Balaban J connectivity index is 4.23. The van der Waals surface area contributed by atoms with Crippen LogP contribution >= 0.6 is 0 Å². The van der Waals surface area contributed by atoms with Crippen LogP contribution in [-0.2, 0) is 19.6 Å². The number of carbonyl (C=O) groups excluding carboxylic acids is 1. The highest BCUT2D eigenvalue weighted by molar-refractivity contribution is 7.90. The van der Waals surface area contributed by atoms with Gasteiger partial charge in [-0.25, -0.2) is 13.1 Å². The van der Waals surface area contributed by atoms with Gasteiger partial charge in [-0.2, -0.15) is 0 Å². The minimum atomic E-state index is -3.66. The summed E-state index contributed by atoms with van der Waals surface area (Å²) >= 11 is 0. The normalized spacial score (nSPS) is 12.5. The number of hydrogen-bond acceptors (Lipinski definition) is 5. The van der Waals surface area contributed by atoms with E-state index in [9.17, 15) is 13.2 Å². The van der Waals surface area contributed by atoms with Crippen LogP contribution in [-0.4, -0.2) is 45.0 Å². The van der Waals surface area contributed by atoms with E-state index >= 15 is 0 Å². The summed E-state index contributed by atoms with van der Waals surface area (Å²) in [6.07, 6.45) is 0.481. The molecule has 2 N–H and O–H groups in total. The quantitative estimate of drug-likeness (QED) is 0.598. The van der Waals surface area contributed by atoms with Crippen LogP contribution in [0.15, 0.2) is 0 Å². The Morgan fingerprint density at radius 3 is 2.47 bits per heavy atom. The van der Waals surface area contributed by atoms with Crippen molar-refractivity contribution in [2.45, 2.75) is 27.2 Å². The van der Waals surface area contributed by atoms with Crippen LogP contribution in [0.2, 0.25) is 0 Å². The molecule has 17 heavy (non-hydrogen) atoms. The first-order valence-electron chi connectivity index (χ1n) is 5.46. The van der Waals surface area contributed by atoms with Crippen LogP contribution in [0.5, 0.6) is 0 Å². The number of ether oxygens (including phenoxy) is 1. The van der Waals surface area contributed by atoms with Crippen molar-refractivity contribution in [3.63, 3.8) is 0 Å². The molecule has 0 radical (unpaired) electrons. The molecule has 0 aromatic rings. The molecule has 0 unspecified atom stereocenters. The molecule has 0 aromatic heterocycles. The highest BCUT2D eigenvalue weighted by Gasteiger charge is 2.23. The average Bonchev–Trinajstić information content (AvgIpc) is 2.15. The maximum atomic E-state index is 11.5. The highest BCUT2D eigenvalue weighted by atomic mass is 32.2. The van der Waals surface area contributed by atoms with Crippen molar-refractivity contribution in [1.82, 2.24) is 4.72 Å². The van der Waals surface area contributed by atoms with E-state index in [1.165, 1.54) is 0 Å². The second-order valence-electron chi connectivity index (χ2n) is 4.52. The molecule has 0 bridgehead atoms. The Morgan fingerprint density at radius 2 is 2.00 bits per heavy atom. The number of aliphatic hydroxyl groups excluding tert-OH is 1. The molecule has 0 aliphatic carbocycles. The molecular formula is C10H21NO5S. The van der Waals surface area contributed by atoms with Crippen molar-refractivity contribution in [3.05, 3.63) is 0 Å². The molecule has 6 nitrogen and oxygen atoms in total. The number of nitrogens with one attached hydrogen (secondary N) is 1. The van der Waals surface area contributed by atoms with Crippen molar-refractivity contribution in [3.8, 4) is 0 Å². The predicted octanol–water partition coefficient (Wildman–Crippen LogP) is -0.122. The van der Waals surface area contributed by atoms with E-state index in [0.29, 0.717) is 6.42 Å². The number of sulfonamides is 1. The molecule has 7 heteroatoms. The fourth-order valence-electron chi connectivity index (χ4n) is 1.11. The fourth-order valence-corrected chi connectivity index (χ4v) is 2.21. The van der Waals surface area contributed by atoms with Crippen LogP contribution < -0.4 is 4.72 Å². The van der Waals surface area contributed by atoms with Crippen molar-refractivity contribution in [2.24, 2.45) is 5.41 Å². The van der Waals surface area contributed by atoms with E-state index in [-0.39, 0.29) is 25.2 Å². The van der Waals surface area contributed by atoms with Gasteiger partial charge in [0.25, 0.3) is 0 Å². The number of hydrogen-bond donors (Lipinski definition) is 2. The zero-order valence-electron chi connectivity index (χ0n) is 10.5. The molecular weight excluding hydrogens is 246 g/mol. The van der Waals surface area contributed by atoms with Crippen molar-refractivity contribution in [2.75, 3.05) is 25.5 Å². The van der Waals surface area contributed by atoms with Gasteiger partial charge in [-0.1, -0.05) is 13.8 Å². The number of carbonyl (C=O) groups is 1. The SMILES string of the molecule is CCOC(=O)CS(=O)(=O)NCC(C)(C)CCO. The molecule has 0 aliphatic rings. The van der Waals surface area contributed by atoms with Crippen LogP contribution in [0.3, 0.4) is 0 Å². The van der Waals surface area contributed by atoms with E-state index in [4.69, 9.17) is 5.11 Å². The number of esters is 1. The standard InChI is InChI=1S/C10H21NO5S/c1-4-16-9(13)7-17(14,15)11-8-10(2,3)5-6-12/h11-12H,4-8H2,1-3H3. The molecule has 0 aromatic carbocycles. The van der Waals surface area contributed by atoms with Gasteiger partial charge in [-0.15, -0.1) is 0 Å². The first-order chi connectivity index (χ1) is 7.72. The molecule has 0 atom stereocenters. The Morgan fingerprint density at radius 1 is 1.41 bits per heavy atom. The molecule has 0 saturated carbocycles. The first kappa shape index (κ1) is 16.3. The second-order valence-corrected chi connectivity index (χ2v) is 6.33. The smallest absolute Gasteiger partial charge is 0.322 e. The van der Waals surface area contributed by atoms with Crippen LogP contribution in [0.4, 0.5) is 0 Å². The summed E-state index contributed by atoms with van der Waals surface area (Å²) < 4.78 is 29.9. The van der Waals surface area contributed by atoms with Gasteiger partial charge in [0.2, 0.25) is 10.0 Å². The molecule has 0 rings (SSSR count). The molecule has 0 heterocycles. The average molecular weight is 267 g/mol. The molecule has 102 valence electrons. The molecule has 0 aliphatic heterocycles. The van der Waals surface area contributed by atoms with Crippen LogP contribution in [0.25, 0.3) is 0 Å². The zero-order chi connectivity index (χ0) is 13.5. The Kier molecular flexibility index (Phi) is 6.66. The van der Waals surface area contributed by atoms with Gasteiger partial charge in [-0.3, -0.25) is 4.79 Å². The Hall–Kier alpha value is -0.660. The van der Waals surface area contributed by atoms with E-state index in [2.05, 4.69) is 9.46 Å². The largest absolute Gasteiger partial charge is 0.465 e. The molecule has 0 fully saturated rings. The zero-order valence-corrected chi connectivity index (χ0v) is 11.3. The third kappa shape index (κ3) is 8.12. The summed E-state index contributed by atoms with van der Waals surface area (Å²) in [6, 6.07) is 0. The van der Waals surface area contributed by atoms with Crippen molar-refractivity contribution in [1.29, 1.82) is 0 Å². The second kappa shape index (κ2) is 6.93. The summed E-state index contributed by atoms with van der Waals surface area (Å²) in [5.74, 6) is -1.43. The fraction of sp³-hybridized carbons (Fsp3) is 0.900. The van der Waals surface area contributed by atoms with Crippen LogP contribution in [0, 0.1) is 5.41 Å². The van der Waals surface area contributed by atoms with Crippen LogP contribution in [0.1, 0.15) is 27.2 Å². The Labute approximate surface area is 102 Å². The minimum absolute atomic E-state index is 0.00734. The summed E-state index contributed by atoms with van der Waals surface area (Å²) in [6.45, 7) is 5.60. The van der Waals surface area contributed by atoms with Gasteiger partial charge >= 0.3 is 5.97 Å². The highest BCUT2D eigenvalue weighted by Crippen LogP contribution is 2.18. The summed E-state index contributed by atoms with van der Waals surface area (Å²) in [5.41, 5.74) is -0.351. The number of aliphatic hydroxyl groups is 1. The van der Waals surface area contributed by atoms with Gasteiger partial charge < -0.3 is 9.84 Å². The molecule has 0 amide bonds. The van der Waals surface area contributed by atoms with Gasteiger partial charge in [0, 0.05) is 13.2 Å². The summed E-state index contributed by atoms with van der Waals surface area (Å²) in [4.78, 5) is 11.0. The third-order valence-electron chi connectivity index (χ3n) is 2.17. The topological polar surface area (TPSA) is 92.7 Å². The third-order valence-corrected chi connectivity index (χ3v) is 3.37.